The van der Waals surface area contributed by atoms with Crippen LogP contribution < -0.4 is 0 Å². The molecule has 9 atom stereocenters. The molecule has 0 heterocycles. The largest absolute Gasteiger partial charge is 0.390 e. The number of rotatable bonds is 5. The number of allylic oxidation sites excluding steroid dienone is 2. The second-order valence-electron chi connectivity index (χ2n) is 14.5. The van der Waals surface area contributed by atoms with E-state index in [1.807, 2.05) is 0 Å². The molecule has 3 fully saturated rings. The average Bonchev–Trinajstić information content (AvgIpc) is 3.01. The molecule has 194 valence electrons. The van der Waals surface area contributed by atoms with Crippen molar-refractivity contribution in [2.45, 2.75) is 125 Å². The Morgan fingerprint density at radius 1 is 1.06 bits per heavy atom. The molecule has 0 bridgehead atoms. The highest BCUT2D eigenvalue weighted by atomic mass is 16.4. The van der Waals surface area contributed by atoms with Crippen molar-refractivity contribution in [1.82, 2.24) is 0 Å². The van der Waals surface area contributed by atoms with E-state index >= 15 is 0 Å². The lowest BCUT2D eigenvalue weighted by atomic mass is 9.41. The van der Waals surface area contributed by atoms with Crippen molar-refractivity contribution in [2.75, 3.05) is 0 Å². The molecule has 0 spiro atoms. The van der Waals surface area contributed by atoms with Gasteiger partial charge in [-0.1, -0.05) is 53.2 Å². The third-order valence-electron chi connectivity index (χ3n) is 12.0. The number of aliphatic hydroxyl groups excluding tert-OH is 2. The van der Waals surface area contributed by atoms with Gasteiger partial charge in [-0.3, -0.25) is 4.79 Å². The first-order valence-electron chi connectivity index (χ1n) is 13.8. The highest BCUT2D eigenvalue weighted by Gasteiger charge is 2.65. The third kappa shape index (κ3) is 3.60. The summed E-state index contributed by atoms with van der Waals surface area (Å²) in [5, 5.41) is 31.3. The number of fused-ring (bicyclic) bond motifs is 5. The second kappa shape index (κ2) is 8.15. The van der Waals surface area contributed by atoms with Crippen LogP contribution in [-0.2, 0) is 4.79 Å². The van der Waals surface area contributed by atoms with Crippen molar-refractivity contribution in [3.05, 3.63) is 11.6 Å². The zero-order chi connectivity index (χ0) is 25.5. The molecule has 1 unspecified atom stereocenters. The first-order chi connectivity index (χ1) is 15.5. The molecular formula is C30H50O4. The first kappa shape index (κ1) is 26.4. The molecular weight excluding hydrogens is 424 g/mol. The van der Waals surface area contributed by atoms with Gasteiger partial charge in [-0.25, -0.2) is 0 Å². The average molecular weight is 475 g/mol. The van der Waals surface area contributed by atoms with Crippen LogP contribution in [0, 0.1) is 45.3 Å². The summed E-state index contributed by atoms with van der Waals surface area (Å²) in [5.74, 6) is 2.19. The van der Waals surface area contributed by atoms with E-state index < -0.39 is 17.8 Å². The molecule has 4 aliphatic rings. The van der Waals surface area contributed by atoms with Crippen LogP contribution >= 0.6 is 0 Å². The summed E-state index contributed by atoms with van der Waals surface area (Å²) in [4.78, 5) is 12.8. The fourth-order valence-corrected chi connectivity index (χ4v) is 9.61. The topological polar surface area (TPSA) is 77.8 Å². The van der Waals surface area contributed by atoms with Crippen molar-refractivity contribution in [2.24, 2.45) is 45.3 Å². The van der Waals surface area contributed by atoms with E-state index in [1.165, 1.54) is 19.3 Å². The van der Waals surface area contributed by atoms with Crippen molar-refractivity contribution >= 4 is 5.78 Å². The standard InChI is InChI=1S/C30H50O4/c1-18(17-22(31)25(33)27(4,5)34)19-11-15-30(8)21-9-10-23-26(2,3)24(32)13-14-28(23,6)20(21)12-16-29(19,30)7/h9,18-20,22-23,25,31,33-34H,10-17H2,1-8H3/t18-,19+,20-,22+,23?,25-,28+,29-,30+/m0/s1. The lowest BCUT2D eigenvalue weighted by molar-refractivity contribution is -0.146. The van der Waals surface area contributed by atoms with Crippen molar-refractivity contribution in [3.63, 3.8) is 0 Å². The molecule has 4 rings (SSSR count). The fraction of sp³-hybridized carbons (Fsp3) is 0.900. The minimum absolute atomic E-state index is 0.147. The van der Waals surface area contributed by atoms with E-state index in [-0.39, 0.29) is 27.6 Å². The summed E-state index contributed by atoms with van der Waals surface area (Å²) in [6.45, 7) is 17.2. The third-order valence-corrected chi connectivity index (χ3v) is 12.0. The molecule has 0 aromatic heterocycles. The van der Waals surface area contributed by atoms with Crippen LogP contribution in [0.3, 0.4) is 0 Å². The van der Waals surface area contributed by atoms with Gasteiger partial charge in [0.25, 0.3) is 0 Å². The van der Waals surface area contributed by atoms with E-state index in [4.69, 9.17) is 0 Å². The maximum Gasteiger partial charge on any atom is 0.138 e. The molecule has 3 saturated carbocycles. The molecule has 0 aromatic carbocycles. The Morgan fingerprint density at radius 3 is 2.32 bits per heavy atom. The zero-order valence-corrected chi connectivity index (χ0v) is 22.9. The summed E-state index contributed by atoms with van der Waals surface area (Å²) >= 11 is 0. The second-order valence-corrected chi connectivity index (χ2v) is 14.5. The number of ketones is 1. The molecule has 3 N–H and O–H groups in total. The minimum Gasteiger partial charge on any atom is -0.390 e. The van der Waals surface area contributed by atoms with E-state index in [1.54, 1.807) is 19.4 Å². The quantitative estimate of drug-likeness (QED) is 0.448. The number of hydrogen-bond acceptors (Lipinski definition) is 4. The summed E-state index contributed by atoms with van der Waals surface area (Å²) in [5.41, 5.74) is 0.630. The smallest absolute Gasteiger partial charge is 0.138 e. The first-order valence-corrected chi connectivity index (χ1v) is 13.8. The molecule has 4 aliphatic carbocycles. The molecule has 0 amide bonds. The number of carbonyl (C=O) groups excluding carboxylic acids is 1. The number of hydrogen-bond donors (Lipinski definition) is 3. The van der Waals surface area contributed by atoms with Crippen LogP contribution in [0.5, 0.6) is 0 Å². The van der Waals surface area contributed by atoms with Crippen molar-refractivity contribution in [1.29, 1.82) is 0 Å². The molecule has 0 radical (unpaired) electrons. The van der Waals surface area contributed by atoms with Crippen LogP contribution in [0.1, 0.15) is 107 Å². The Hall–Kier alpha value is -0.710. The monoisotopic (exact) mass is 474 g/mol. The van der Waals surface area contributed by atoms with Gasteiger partial charge in [0.15, 0.2) is 0 Å². The lowest BCUT2D eigenvalue weighted by Crippen LogP contribution is -2.57. The van der Waals surface area contributed by atoms with Crippen molar-refractivity contribution < 1.29 is 20.1 Å². The fourth-order valence-electron chi connectivity index (χ4n) is 9.61. The van der Waals surface area contributed by atoms with E-state index in [0.29, 0.717) is 30.0 Å². The molecule has 34 heavy (non-hydrogen) atoms. The normalized spacial score (nSPS) is 44.4. The highest BCUT2D eigenvalue weighted by Crippen LogP contribution is 2.73. The van der Waals surface area contributed by atoms with Gasteiger partial charge in [-0.05, 0) is 98.7 Å². The van der Waals surface area contributed by atoms with Gasteiger partial charge in [0, 0.05) is 11.8 Å². The van der Waals surface area contributed by atoms with E-state index in [0.717, 1.165) is 25.7 Å². The molecule has 0 aromatic rings. The predicted octanol–water partition coefficient (Wildman–Crippen LogP) is 5.68. The summed E-state index contributed by atoms with van der Waals surface area (Å²) in [6, 6.07) is 0. The molecule has 0 saturated heterocycles. The summed E-state index contributed by atoms with van der Waals surface area (Å²) in [6.07, 6.45) is 8.46. The summed E-state index contributed by atoms with van der Waals surface area (Å²) in [7, 11) is 0. The number of aliphatic hydroxyl groups is 3. The van der Waals surface area contributed by atoms with E-state index in [2.05, 4.69) is 47.6 Å². The maximum absolute atomic E-state index is 12.8. The van der Waals surface area contributed by atoms with Gasteiger partial charge in [0.2, 0.25) is 0 Å². The lowest BCUT2D eigenvalue weighted by Gasteiger charge is -2.63. The Kier molecular flexibility index (Phi) is 6.32. The van der Waals surface area contributed by atoms with E-state index in [9.17, 15) is 20.1 Å². The summed E-state index contributed by atoms with van der Waals surface area (Å²) < 4.78 is 0. The van der Waals surface area contributed by atoms with Gasteiger partial charge in [-0.15, -0.1) is 0 Å². The number of Topliss-reactive ketones (excluding diaryl/α,β-unsaturated/α-hetero) is 1. The Labute approximate surface area is 207 Å². The Bertz CT molecular complexity index is 852. The van der Waals surface area contributed by atoms with Gasteiger partial charge in [0.05, 0.1) is 11.7 Å². The van der Waals surface area contributed by atoms with Crippen LogP contribution in [0.15, 0.2) is 11.6 Å². The van der Waals surface area contributed by atoms with Crippen molar-refractivity contribution in [3.8, 4) is 0 Å². The van der Waals surface area contributed by atoms with Gasteiger partial charge in [-0.2, -0.15) is 0 Å². The van der Waals surface area contributed by atoms with Crippen LogP contribution in [0.4, 0.5) is 0 Å². The maximum atomic E-state index is 12.8. The van der Waals surface area contributed by atoms with Crippen LogP contribution in [0.25, 0.3) is 0 Å². The molecule has 4 nitrogen and oxygen atoms in total. The van der Waals surface area contributed by atoms with Gasteiger partial charge < -0.3 is 15.3 Å². The Morgan fingerprint density at radius 2 is 1.71 bits per heavy atom. The highest BCUT2D eigenvalue weighted by molar-refractivity contribution is 5.85. The Balaban J connectivity index is 1.60. The van der Waals surface area contributed by atoms with Crippen LogP contribution in [-0.4, -0.2) is 38.9 Å². The zero-order valence-electron chi connectivity index (χ0n) is 22.9. The SMILES string of the molecule is C[C@@H](C[C@@H](O)[C@H](O)C(C)(C)O)[C@H]1CC[C@]2(C)C3=CCC4C(C)(C)C(=O)CC[C@]4(C)[C@H]3CC[C@@]12C. The predicted molar refractivity (Wildman–Crippen MR) is 136 cm³/mol. The van der Waals surface area contributed by atoms with Gasteiger partial charge in [0.1, 0.15) is 11.9 Å². The molecule has 0 aliphatic heterocycles. The van der Waals surface area contributed by atoms with Gasteiger partial charge >= 0.3 is 0 Å². The van der Waals surface area contributed by atoms with Crippen LogP contribution in [0.2, 0.25) is 0 Å². The number of carbonyl (C=O) groups is 1. The minimum atomic E-state index is -1.31. The molecule has 4 heteroatoms.